The average Bonchev–Trinajstić information content (AvgIpc) is 2.86. The van der Waals surface area contributed by atoms with Gasteiger partial charge in [0.1, 0.15) is 0 Å². The highest BCUT2D eigenvalue weighted by atomic mass is 16.6. The second-order valence-electron chi connectivity index (χ2n) is 9.51. The molecule has 0 aromatic heterocycles. The molecule has 222 valence electrons. The predicted octanol–water partition coefficient (Wildman–Crippen LogP) is -1.67. The molecule has 2 aliphatic heterocycles. The molecule has 2 N–H and O–H groups in total. The first-order chi connectivity index (χ1) is 18.7. The van der Waals surface area contributed by atoms with E-state index in [-0.39, 0.29) is 39.0 Å². The summed E-state index contributed by atoms with van der Waals surface area (Å²) < 4.78 is 9.74. The minimum Gasteiger partial charge on any atom is -0.481 e. The van der Waals surface area contributed by atoms with Gasteiger partial charge in [0.15, 0.2) is 25.3 Å². The second-order valence-corrected chi connectivity index (χ2v) is 9.51. The van der Waals surface area contributed by atoms with E-state index in [1.807, 2.05) is 0 Å². The summed E-state index contributed by atoms with van der Waals surface area (Å²) in [6.07, 6.45) is -0.0403. The highest BCUT2D eigenvalue weighted by Crippen LogP contribution is 2.18. The van der Waals surface area contributed by atoms with Gasteiger partial charge < -0.3 is 19.7 Å². The Balaban J connectivity index is 1.94. The number of ether oxygens (including phenoxy) is 2. The van der Waals surface area contributed by atoms with Gasteiger partial charge in [-0.2, -0.15) is 0 Å². The number of nitrogens with zero attached hydrogens (tertiary/aromatic N) is 4. The van der Waals surface area contributed by atoms with Crippen LogP contribution in [0.2, 0.25) is 0 Å². The Labute approximate surface area is 229 Å². The Kier molecular flexibility index (Phi) is 11.2. The van der Waals surface area contributed by atoms with Crippen molar-refractivity contribution < 1.29 is 58.0 Å². The van der Waals surface area contributed by atoms with E-state index in [2.05, 4.69) is 0 Å². The van der Waals surface area contributed by atoms with Crippen molar-refractivity contribution in [3.63, 3.8) is 0 Å². The lowest BCUT2D eigenvalue weighted by Gasteiger charge is -2.43. The fourth-order valence-electron chi connectivity index (χ4n) is 4.24. The van der Waals surface area contributed by atoms with Crippen LogP contribution in [-0.4, -0.2) is 129 Å². The first kappa shape index (κ1) is 32.3. The summed E-state index contributed by atoms with van der Waals surface area (Å²) in [6.45, 7) is 4.04. The molecule has 2 saturated heterocycles. The summed E-state index contributed by atoms with van der Waals surface area (Å²) in [6, 6.07) is -0.972. The molecule has 2 rings (SSSR count). The minimum absolute atomic E-state index is 0.0201. The van der Waals surface area contributed by atoms with Gasteiger partial charge in [0.05, 0.1) is 26.2 Å². The topological polar surface area (TPSA) is 208 Å². The molecule has 0 aliphatic carbocycles. The minimum atomic E-state index is -1.41. The maximum Gasteiger partial charge on any atom is 0.322 e. The maximum atomic E-state index is 12.6. The van der Waals surface area contributed by atoms with Gasteiger partial charge in [-0.25, -0.2) is 9.80 Å². The monoisotopic (exact) mass is 570 g/mol. The van der Waals surface area contributed by atoms with Crippen molar-refractivity contribution in [3.8, 4) is 0 Å². The Morgan fingerprint density at radius 2 is 0.925 bits per heavy atom. The molecule has 2 fully saturated rings. The predicted molar refractivity (Wildman–Crippen MR) is 131 cm³/mol. The first-order valence-corrected chi connectivity index (χ1v) is 12.7. The summed E-state index contributed by atoms with van der Waals surface area (Å²) in [5.74, 6) is -10.4. The van der Waals surface area contributed by atoms with Crippen LogP contribution in [0.1, 0.15) is 40.5 Å². The number of carboxylic acids is 2. The van der Waals surface area contributed by atoms with Crippen molar-refractivity contribution in [2.45, 2.75) is 52.6 Å². The first-order valence-electron chi connectivity index (χ1n) is 12.7. The molecule has 0 saturated carbocycles. The molecule has 0 aromatic carbocycles. The Hall–Kier alpha value is -3.92. The molecule has 4 atom stereocenters. The number of aliphatic carboxylic acids is 2. The number of amides is 4. The highest BCUT2D eigenvalue weighted by molar-refractivity contribution is 6.01. The summed E-state index contributed by atoms with van der Waals surface area (Å²) >= 11 is 0. The Bertz CT molecular complexity index is 944. The van der Waals surface area contributed by atoms with E-state index < -0.39 is 84.9 Å². The lowest BCUT2D eigenvalue weighted by molar-refractivity contribution is -0.173. The van der Waals surface area contributed by atoms with Crippen LogP contribution in [-0.2, 0) is 47.8 Å². The number of rotatable bonds is 13. The molecular formula is C24H34N4O12. The van der Waals surface area contributed by atoms with Crippen LogP contribution in [0.4, 0.5) is 0 Å². The van der Waals surface area contributed by atoms with Crippen LogP contribution < -0.4 is 0 Å². The smallest absolute Gasteiger partial charge is 0.322 e. The number of carboxylic acid groups (broad SMARTS) is 2. The molecule has 0 radical (unpaired) electrons. The summed E-state index contributed by atoms with van der Waals surface area (Å²) in [5, 5.41) is 18.1. The molecule has 0 bridgehead atoms. The van der Waals surface area contributed by atoms with E-state index in [0.29, 0.717) is 0 Å². The zero-order chi connectivity index (χ0) is 30.3. The molecule has 16 heteroatoms. The molecular weight excluding hydrogens is 536 g/mol. The SMILES string of the molecule is CCC(C(=O)O)C(=O)OCN1C(=O)CN(C(C)C(C)N2CC(=O)N(COC(=O)C(CC)C(=O)O)C(=O)C2)CC1=O. The molecule has 40 heavy (non-hydrogen) atoms. The van der Waals surface area contributed by atoms with Crippen molar-refractivity contribution >= 4 is 47.5 Å². The van der Waals surface area contributed by atoms with E-state index >= 15 is 0 Å². The maximum absolute atomic E-state index is 12.6. The third-order valence-corrected chi connectivity index (χ3v) is 7.06. The fourth-order valence-corrected chi connectivity index (χ4v) is 4.24. The van der Waals surface area contributed by atoms with E-state index in [9.17, 15) is 38.4 Å². The van der Waals surface area contributed by atoms with Crippen LogP contribution >= 0.6 is 0 Å². The van der Waals surface area contributed by atoms with Gasteiger partial charge >= 0.3 is 23.9 Å². The molecule has 16 nitrogen and oxygen atoms in total. The van der Waals surface area contributed by atoms with Crippen LogP contribution in [0.15, 0.2) is 0 Å². The zero-order valence-electron chi connectivity index (χ0n) is 22.7. The zero-order valence-corrected chi connectivity index (χ0v) is 22.7. The largest absolute Gasteiger partial charge is 0.481 e. The van der Waals surface area contributed by atoms with Crippen LogP contribution in [0.25, 0.3) is 0 Å². The van der Waals surface area contributed by atoms with Gasteiger partial charge in [0, 0.05) is 12.1 Å². The Morgan fingerprint density at radius 3 is 1.15 bits per heavy atom. The lowest BCUT2D eigenvalue weighted by Crippen LogP contribution is -2.63. The molecule has 0 spiro atoms. The second kappa shape index (κ2) is 13.9. The van der Waals surface area contributed by atoms with Crippen LogP contribution in [0.3, 0.4) is 0 Å². The van der Waals surface area contributed by atoms with Crippen LogP contribution in [0.5, 0.6) is 0 Å². The van der Waals surface area contributed by atoms with Gasteiger partial charge in [-0.3, -0.25) is 48.2 Å². The summed E-state index contributed by atoms with van der Waals surface area (Å²) in [4.78, 5) is 101. The van der Waals surface area contributed by atoms with Crippen LogP contribution in [0, 0.1) is 11.8 Å². The highest BCUT2D eigenvalue weighted by Gasteiger charge is 2.40. The van der Waals surface area contributed by atoms with E-state index in [1.54, 1.807) is 23.6 Å². The molecule has 2 aliphatic rings. The van der Waals surface area contributed by atoms with E-state index in [4.69, 9.17) is 19.7 Å². The van der Waals surface area contributed by atoms with Crippen molar-refractivity contribution in [2.75, 3.05) is 39.6 Å². The third kappa shape index (κ3) is 7.59. The standard InChI is InChI=1S/C24H34N4O12/c1-5-15(21(33)34)23(37)39-11-27-17(29)7-25(8-18(27)30)13(3)14(4)26-9-19(31)28(20(32)10-26)12-40-24(38)16(6-2)22(35)36/h13-16H,5-12H2,1-4H3,(H,33,34)(H,35,36). The number of esters is 2. The third-order valence-electron chi connectivity index (χ3n) is 7.06. The fraction of sp³-hybridized carbons (Fsp3) is 0.667. The Morgan fingerprint density at radius 1 is 0.650 bits per heavy atom. The molecule has 2 heterocycles. The van der Waals surface area contributed by atoms with Gasteiger partial charge in [-0.05, 0) is 26.7 Å². The number of piperazine rings is 2. The number of carbonyl (C=O) groups excluding carboxylic acids is 6. The van der Waals surface area contributed by atoms with E-state index in [0.717, 1.165) is 9.80 Å². The van der Waals surface area contributed by atoms with Gasteiger partial charge in [0.25, 0.3) is 0 Å². The van der Waals surface area contributed by atoms with Gasteiger partial charge in [-0.1, -0.05) is 13.8 Å². The average molecular weight is 571 g/mol. The number of hydrogen-bond acceptors (Lipinski definition) is 12. The van der Waals surface area contributed by atoms with Crippen molar-refractivity contribution in [1.29, 1.82) is 0 Å². The lowest BCUT2D eigenvalue weighted by atomic mass is 10.1. The molecule has 4 amide bonds. The normalized spacial score (nSPS) is 20.1. The van der Waals surface area contributed by atoms with Crippen molar-refractivity contribution in [3.05, 3.63) is 0 Å². The summed E-state index contributed by atoms with van der Waals surface area (Å²) in [7, 11) is 0. The number of hydrogen-bond donors (Lipinski definition) is 2. The number of carbonyl (C=O) groups is 8. The molecule has 0 aromatic rings. The van der Waals surface area contributed by atoms with Gasteiger partial charge in [0.2, 0.25) is 23.6 Å². The summed E-state index contributed by atoms with van der Waals surface area (Å²) in [5.41, 5.74) is 0. The van der Waals surface area contributed by atoms with Crippen molar-refractivity contribution in [2.24, 2.45) is 11.8 Å². The van der Waals surface area contributed by atoms with Crippen molar-refractivity contribution in [1.82, 2.24) is 19.6 Å². The van der Waals surface area contributed by atoms with Gasteiger partial charge in [-0.15, -0.1) is 0 Å². The number of imide groups is 2. The van der Waals surface area contributed by atoms with E-state index in [1.165, 1.54) is 13.8 Å². The quantitative estimate of drug-likeness (QED) is 0.144. The molecule has 4 unspecified atom stereocenters.